The van der Waals surface area contributed by atoms with Gasteiger partial charge in [-0.2, -0.15) is 0 Å². The first-order valence-electron chi connectivity index (χ1n) is 6.80. The highest BCUT2D eigenvalue weighted by molar-refractivity contribution is 5.73. The fourth-order valence-electron chi connectivity index (χ4n) is 2.67. The first-order chi connectivity index (χ1) is 8.70. The van der Waals surface area contributed by atoms with E-state index < -0.39 is 0 Å². The van der Waals surface area contributed by atoms with Gasteiger partial charge in [-0.15, -0.1) is 0 Å². The summed E-state index contributed by atoms with van der Waals surface area (Å²) in [6.07, 6.45) is 3.15. The minimum atomic E-state index is 0.0856. The van der Waals surface area contributed by atoms with Gasteiger partial charge in [0.25, 0.3) is 0 Å². The fraction of sp³-hybridized carbons (Fsp3) is 0.533. The van der Waals surface area contributed by atoms with Crippen LogP contribution in [0.25, 0.3) is 0 Å². The molecule has 3 nitrogen and oxygen atoms in total. The Labute approximate surface area is 109 Å². The van der Waals surface area contributed by atoms with Gasteiger partial charge in [-0.05, 0) is 30.9 Å². The summed E-state index contributed by atoms with van der Waals surface area (Å²) in [4.78, 5) is 13.5. The van der Waals surface area contributed by atoms with Crippen molar-refractivity contribution in [2.45, 2.75) is 39.2 Å². The Hall–Kier alpha value is -1.51. The van der Waals surface area contributed by atoms with Crippen LogP contribution >= 0.6 is 0 Å². The van der Waals surface area contributed by atoms with Gasteiger partial charge in [0.1, 0.15) is 0 Å². The van der Waals surface area contributed by atoms with Gasteiger partial charge < -0.3 is 10.2 Å². The summed E-state index contributed by atoms with van der Waals surface area (Å²) >= 11 is 0. The number of hydrogen-bond acceptors (Lipinski definition) is 2. The zero-order valence-electron chi connectivity index (χ0n) is 11.3. The standard InChI is InChI=1S/C15H22N2O/c1-3-13-6-4-5-7-15(13)17-10-8-14(9-11-17)16-12(2)18/h4-7,14H,3,8-11H2,1-2H3,(H,16,18). The van der Waals surface area contributed by atoms with E-state index in [1.807, 2.05) is 0 Å². The van der Waals surface area contributed by atoms with Crippen molar-refractivity contribution in [3.05, 3.63) is 29.8 Å². The molecule has 2 rings (SSSR count). The molecular weight excluding hydrogens is 224 g/mol. The van der Waals surface area contributed by atoms with Crippen molar-refractivity contribution in [2.75, 3.05) is 18.0 Å². The molecule has 1 heterocycles. The zero-order chi connectivity index (χ0) is 13.0. The van der Waals surface area contributed by atoms with Crippen molar-refractivity contribution >= 4 is 11.6 Å². The summed E-state index contributed by atoms with van der Waals surface area (Å²) in [5.74, 6) is 0.0856. The molecule has 0 saturated carbocycles. The zero-order valence-corrected chi connectivity index (χ0v) is 11.3. The van der Waals surface area contributed by atoms with E-state index in [0.717, 1.165) is 32.4 Å². The Bertz CT molecular complexity index is 409. The number of hydrogen-bond donors (Lipinski definition) is 1. The molecule has 1 aliphatic heterocycles. The van der Waals surface area contributed by atoms with Crippen LogP contribution in [0.3, 0.4) is 0 Å². The molecule has 0 unspecified atom stereocenters. The highest BCUT2D eigenvalue weighted by Gasteiger charge is 2.20. The predicted molar refractivity (Wildman–Crippen MR) is 74.9 cm³/mol. The third-order valence-corrected chi connectivity index (χ3v) is 3.62. The number of rotatable bonds is 3. The summed E-state index contributed by atoms with van der Waals surface area (Å²) < 4.78 is 0. The van der Waals surface area contributed by atoms with Crippen molar-refractivity contribution in [1.82, 2.24) is 5.32 Å². The van der Waals surface area contributed by atoms with Crippen molar-refractivity contribution in [3.8, 4) is 0 Å². The smallest absolute Gasteiger partial charge is 0.217 e. The summed E-state index contributed by atoms with van der Waals surface area (Å²) in [5, 5.41) is 3.02. The van der Waals surface area contributed by atoms with Gasteiger partial charge in [-0.3, -0.25) is 4.79 Å². The molecule has 0 radical (unpaired) electrons. The molecule has 98 valence electrons. The second-order valence-corrected chi connectivity index (χ2v) is 4.94. The van der Waals surface area contributed by atoms with Gasteiger partial charge in [0.05, 0.1) is 0 Å². The number of benzene rings is 1. The lowest BCUT2D eigenvalue weighted by Gasteiger charge is -2.34. The van der Waals surface area contributed by atoms with Gasteiger partial charge in [0, 0.05) is 31.7 Å². The first kappa shape index (κ1) is 12.9. The predicted octanol–water partition coefficient (Wildman–Crippen LogP) is 2.35. The lowest BCUT2D eigenvalue weighted by atomic mass is 10.0. The molecule has 1 aromatic rings. The number of para-hydroxylation sites is 1. The highest BCUT2D eigenvalue weighted by Crippen LogP contribution is 2.24. The first-order valence-corrected chi connectivity index (χ1v) is 6.80. The summed E-state index contributed by atoms with van der Waals surface area (Å²) in [6, 6.07) is 8.97. The van der Waals surface area contributed by atoms with E-state index in [9.17, 15) is 4.79 Å². The molecule has 18 heavy (non-hydrogen) atoms. The third kappa shape index (κ3) is 3.03. The average molecular weight is 246 g/mol. The van der Waals surface area contributed by atoms with E-state index in [1.54, 1.807) is 6.92 Å². The molecule has 0 aliphatic carbocycles. The van der Waals surface area contributed by atoms with Crippen LogP contribution in [0.15, 0.2) is 24.3 Å². The molecule has 3 heteroatoms. The Balaban J connectivity index is 1.99. The van der Waals surface area contributed by atoms with E-state index in [4.69, 9.17) is 0 Å². The molecule has 1 saturated heterocycles. The monoisotopic (exact) mass is 246 g/mol. The van der Waals surface area contributed by atoms with Gasteiger partial charge in [-0.25, -0.2) is 0 Å². The summed E-state index contributed by atoms with van der Waals surface area (Å²) in [7, 11) is 0. The van der Waals surface area contributed by atoms with Crippen LogP contribution < -0.4 is 10.2 Å². The Morgan fingerprint density at radius 3 is 2.61 bits per heavy atom. The van der Waals surface area contributed by atoms with Gasteiger partial charge in [0.2, 0.25) is 5.91 Å². The van der Waals surface area contributed by atoms with Gasteiger partial charge in [0.15, 0.2) is 0 Å². The van der Waals surface area contributed by atoms with E-state index >= 15 is 0 Å². The van der Waals surface area contributed by atoms with E-state index in [2.05, 4.69) is 41.4 Å². The average Bonchev–Trinajstić information content (AvgIpc) is 2.39. The Kier molecular flexibility index (Phi) is 4.24. The van der Waals surface area contributed by atoms with Crippen LogP contribution in [0.1, 0.15) is 32.3 Å². The van der Waals surface area contributed by atoms with Crippen LogP contribution in [-0.2, 0) is 11.2 Å². The molecule has 1 aromatic carbocycles. The van der Waals surface area contributed by atoms with Gasteiger partial charge in [-0.1, -0.05) is 25.1 Å². The molecule has 1 amide bonds. The lowest BCUT2D eigenvalue weighted by molar-refractivity contribution is -0.119. The maximum Gasteiger partial charge on any atom is 0.217 e. The number of carbonyl (C=O) groups is 1. The van der Waals surface area contributed by atoms with E-state index in [0.29, 0.717) is 6.04 Å². The molecule has 0 spiro atoms. The van der Waals surface area contributed by atoms with Crippen LogP contribution in [-0.4, -0.2) is 25.0 Å². The molecule has 0 bridgehead atoms. The quantitative estimate of drug-likeness (QED) is 0.888. The van der Waals surface area contributed by atoms with E-state index in [-0.39, 0.29) is 5.91 Å². The maximum absolute atomic E-state index is 11.0. The highest BCUT2D eigenvalue weighted by atomic mass is 16.1. The largest absolute Gasteiger partial charge is 0.371 e. The third-order valence-electron chi connectivity index (χ3n) is 3.62. The number of aryl methyl sites for hydroxylation is 1. The molecule has 1 aliphatic rings. The van der Waals surface area contributed by atoms with Crippen LogP contribution in [0.5, 0.6) is 0 Å². The van der Waals surface area contributed by atoms with Crippen LogP contribution in [0.4, 0.5) is 5.69 Å². The topological polar surface area (TPSA) is 32.3 Å². The maximum atomic E-state index is 11.0. The fourth-order valence-corrected chi connectivity index (χ4v) is 2.67. The molecule has 0 aromatic heterocycles. The second kappa shape index (κ2) is 5.89. The van der Waals surface area contributed by atoms with Crippen molar-refractivity contribution in [1.29, 1.82) is 0 Å². The van der Waals surface area contributed by atoms with E-state index in [1.165, 1.54) is 11.3 Å². The summed E-state index contributed by atoms with van der Waals surface area (Å²) in [6.45, 7) is 5.85. The minimum absolute atomic E-state index is 0.0856. The number of nitrogens with one attached hydrogen (secondary N) is 1. The Morgan fingerprint density at radius 2 is 2.00 bits per heavy atom. The van der Waals surface area contributed by atoms with Crippen LogP contribution in [0, 0.1) is 0 Å². The summed E-state index contributed by atoms with van der Waals surface area (Å²) in [5.41, 5.74) is 2.77. The number of anilines is 1. The number of nitrogens with zero attached hydrogens (tertiary/aromatic N) is 1. The molecule has 1 N–H and O–H groups in total. The lowest BCUT2D eigenvalue weighted by Crippen LogP contribution is -2.44. The molecule has 0 atom stereocenters. The second-order valence-electron chi connectivity index (χ2n) is 4.94. The normalized spacial score (nSPS) is 16.7. The number of amides is 1. The van der Waals surface area contributed by atoms with Gasteiger partial charge >= 0.3 is 0 Å². The van der Waals surface area contributed by atoms with Crippen molar-refractivity contribution < 1.29 is 4.79 Å². The Morgan fingerprint density at radius 1 is 1.33 bits per heavy atom. The number of piperidine rings is 1. The number of carbonyl (C=O) groups excluding carboxylic acids is 1. The van der Waals surface area contributed by atoms with Crippen LogP contribution in [0.2, 0.25) is 0 Å². The van der Waals surface area contributed by atoms with Crippen molar-refractivity contribution in [2.24, 2.45) is 0 Å². The SMILES string of the molecule is CCc1ccccc1N1CCC(NC(C)=O)CC1. The molecule has 1 fully saturated rings. The minimum Gasteiger partial charge on any atom is -0.371 e. The van der Waals surface area contributed by atoms with Crippen molar-refractivity contribution in [3.63, 3.8) is 0 Å². The molecular formula is C15H22N2O.